The Morgan fingerprint density at radius 1 is 1.19 bits per heavy atom. The maximum absolute atomic E-state index is 10.8. The number of hydrogen-bond donors (Lipinski definition) is 1. The zero-order valence-electron chi connectivity index (χ0n) is 10.5. The number of aromatic hydroxyl groups is 1. The Morgan fingerprint density at radius 2 is 2.05 bits per heavy atom. The van der Waals surface area contributed by atoms with Crippen LogP contribution in [0.1, 0.15) is 0 Å². The number of hydrogen-bond acceptors (Lipinski definition) is 7. The van der Waals surface area contributed by atoms with Gasteiger partial charge in [-0.25, -0.2) is 0 Å². The summed E-state index contributed by atoms with van der Waals surface area (Å²) in [5, 5.41) is 23.9. The van der Waals surface area contributed by atoms with Crippen LogP contribution in [0.3, 0.4) is 0 Å². The molecule has 1 aromatic carbocycles. The van der Waals surface area contributed by atoms with E-state index in [1.165, 1.54) is 30.6 Å². The fourth-order valence-electron chi connectivity index (χ4n) is 1.76. The van der Waals surface area contributed by atoms with Gasteiger partial charge in [-0.15, -0.1) is 0 Å². The summed E-state index contributed by atoms with van der Waals surface area (Å²) < 4.78 is 5.08. The van der Waals surface area contributed by atoms with Crippen molar-refractivity contribution >= 4 is 5.69 Å². The smallest absolute Gasteiger partial charge is 0.270 e. The third kappa shape index (κ3) is 2.54. The molecule has 0 fully saturated rings. The first-order valence-electron chi connectivity index (χ1n) is 5.86. The molecule has 0 saturated heterocycles. The second kappa shape index (κ2) is 5.00. The predicted molar refractivity (Wildman–Crippen MR) is 71.3 cm³/mol. The molecule has 0 atom stereocenters. The number of pyridine rings is 1. The Balaban J connectivity index is 1.98. The number of nitro benzene ring substituents is 1. The van der Waals surface area contributed by atoms with Crippen molar-refractivity contribution in [2.75, 3.05) is 0 Å². The van der Waals surface area contributed by atoms with Crippen LogP contribution in [0.4, 0.5) is 5.69 Å². The van der Waals surface area contributed by atoms with Gasteiger partial charge in [0.2, 0.25) is 5.82 Å². The molecule has 8 nitrogen and oxygen atoms in total. The summed E-state index contributed by atoms with van der Waals surface area (Å²) >= 11 is 0. The highest BCUT2D eigenvalue weighted by molar-refractivity contribution is 5.62. The van der Waals surface area contributed by atoms with Gasteiger partial charge in [-0.2, -0.15) is 4.98 Å². The number of nitro groups is 1. The first-order chi connectivity index (χ1) is 10.1. The molecule has 3 rings (SSSR count). The number of aromatic nitrogens is 3. The first-order valence-corrected chi connectivity index (χ1v) is 5.86. The molecule has 0 unspecified atom stereocenters. The minimum atomic E-state index is -0.496. The summed E-state index contributed by atoms with van der Waals surface area (Å²) in [4.78, 5) is 18.2. The first kappa shape index (κ1) is 12.7. The lowest BCUT2D eigenvalue weighted by Crippen LogP contribution is -1.88. The van der Waals surface area contributed by atoms with E-state index in [2.05, 4.69) is 15.1 Å². The summed E-state index contributed by atoms with van der Waals surface area (Å²) in [5.74, 6) is 0.361. The average molecular weight is 284 g/mol. The molecule has 0 spiro atoms. The Kier molecular flexibility index (Phi) is 3.03. The molecule has 0 aliphatic rings. The van der Waals surface area contributed by atoms with Crippen LogP contribution in [0.5, 0.6) is 5.75 Å². The van der Waals surface area contributed by atoms with E-state index < -0.39 is 4.92 Å². The van der Waals surface area contributed by atoms with Crippen molar-refractivity contribution in [3.63, 3.8) is 0 Å². The molecule has 8 heteroatoms. The fourth-order valence-corrected chi connectivity index (χ4v) is 1.76. The summed E-state index contributed by atoms with van der Waals surface area (Å²) in [6.45, 7) is 0. The highest BCUT2D eigenvalue weighted by Crippen LogP contribution is 2.25. The van der Waals surface area contributed by atoms with Crippen molar-refractivity contribution in [2.24, 2.45) is 0 Å². The van der Waals surface area contributed by atoms with Gasteiger partial charge in [-0.1, -0.05) is 17.3 Å². The fraction of sp³-hybridized carbons (Fsp3) is 0. The van der Waals surface area contributed by atoms with E-state index in [1.54, 1.807) is 12.1 Å². The second-order valence-electron chi connectivity index (χ2n) is 4.16. The van der Waals surface area contributed by atoms with Crippen molar-refractivity contribution in [3.05, 3.63) is 52.8 Å². The second-order valence-corrected chi connectivity index (χ2v) is 4.16. The molecule has 0 radical (unpaired) electrons. The van der Waals surface area contributed by atoms with E-state index in [1.807, 2.05) is 0 Å². The Bertz CT molecular complexity index is 815. The van der Waals surface area contributed by atoms with Crippen molar-refractivity contribution in [2.45, 2.75) is 0 Å². The molecule has 21 heavy (non-hydrogen) atoms. The van der Waals surface area contributed by atoms with Crippen LogP contribution in [0.15, 0.2) is 47.2 Å². The predicted octanol–water partition coefficient (Wildman–Crippen LogP) is 2.41. The molecule has 0 aliphatic heterocycles. The molecule has 104 valence electrons. The third-order valence-electron chi connectivity index (χ3n) is 2.71. The topological polar surface area (TPSA) is 115 Å². The van der Waals surface area contributed by atoms with Gasteiger partial charge in [-0.3, -0.25) is 15.1 Å². The van der Waals surface area contributed by atoms with Crippen molar-refractivity contribution in [3.8, 4) is 28.6 Å². The van der Waals surface area contributed by atoms with E-state index in [-0.39, 0.29) is 23.2 Å². The average Bonchev–Trinajstić information content (AvgIpc) is 2.97. The normalized spacial score (nSPS) is 10.5. The van der Waals surface area contributed by atoms with E-state index >= 15 is 0 Å². The van der Waals surface area contributed by atoms with Gasteiger partial charge in [0, 0.05) is 23.9 Å². The Labute approximate surface area is 117 Å². The summed E-state index contributed by atoms with van der Waals surface area (Å²) in [6.07, 6.45) is 2.74. The van der Waals surface area contributed by atoms with Crippen LogP contribution >= 0.6 is 0 Å². The Morgan fingerprint density at radius 3 is 2.81 bits per heavy atom. The van der Waals surface area contributed by atoms with Gasteiger partial charge in [-0.05, 0) is 6.07 Å². The van der Waals surface area contributed by atoms with E-state index in [0.29, 0.717) is 11.1 Å². The standard InChI is InChI=1S/C13H8N4O4/c18-11-5-9(6-14-7-11)13-15-12(16-21-13)8-2-1-3-10(4-8)17(19)20/h1-7,18H. The summed E-state index contributed by atoms with van der Waals surface area (Å²) in [6, 6.07) is 7.35. The SMILES string of the molecule is O=[N+]([O-])c1cccc(-c2noc(-c3cncc(O)c3)n2)c1. The van der Waals surface area contributed by atoms with Crippen LogP contribution in [-0.2, 0) is 0 Å². The lowest BCUT2D eigenvalue weighted by Gasteiger charge is -1.95. The van der Waals surface area contributed by atoms with Gasteiger partial charge < -0.3 is 9.63 Å². The Hall–Kier alpha value is -3.29. The van der Waals surface area contributed by atoms with Crippen LogP contribution in [0.2, 0.25) is 0 Å². The minimum Gasteiger partial charge on any atom is -0.506 e. The number of non-ortho nitro benzene ring substituents is 1. The van der Waals surface area contributed by atoms with Crippen molar-refractivity contribution in [1.82, 2.24) is 15.1 Å². The largest absolute Gasteiger partial charge is 0.506 e. The summed E-state index contributed by atoms with van der Waals surface area (Å²) in [7, 11) is 0. The molecule has 0 saturated carbocycles. The number of nitrogens with zero attached hydrogens (tertiary/aromatic N) is 4. The van der Waals surface area contributed by atoms with Gasteiger partial charge in [0.15, 0.2) is 0 Å². The molecule has 3 aromatic rings. The maximum Gasteiger partial charge on any atom is 0.270 e. The van der Waals surface area contributed by atoms with E-state index in [9.17, 15) is 15.2 Å². The summed E-state index contributed by atoms with van der Waals surface area (Å²) in [5.41, 5.74) is 0.865. The van der Waals surface area contributed by atoms with Crippen LogP contribution in [0, 0.1) is 10.1 Å². The number of benzene rings is 1. The molecule has 0 aliphatic carbocycles. The lowest BCUT2D eigenvalue weighted by atomic mass is 10.2. The maximum atomic E-state index is 10.8. The van der Waals surface area contributed by atoms with E-state index in [4.69, 9.17) is 4.52 Å². The lowest BCUT2D eigenvalue weighted by molar-refractivity contribution is -0.384. The third-order valence-corrected chi connectivity index (χ3v) is 2.71. The van der Waals surface area contributed by atoms with Gasteiger partial charge in [0.25, 0.3) is 11.6 Å². The van der Waals surface area contributed by atoms with Crippen molar-refractivity contribution in [1.29, 1.82) is 0 Å². The van der Waals surface area contributed by atoms with Gasteiger partial charge in [0.1, 0.15) is 5.75 Å². The molecular formula is C13H8N4O4. The van der Waals surface area contributed by atoms with E-state index in [0.717, 1.165) is 0 Å². The molecule has 0 amide bonds. The highest BCUT2D eigenvalue weighted by atomic mass is 16.6. The molecule has 0 bridgehead atoms. The highest BCUT2D eigenvalue weighted by Gasteiger charge is 2.14. The monoisotopic (exact) mass is 284 g/mol. The molecule has 1 N–H and O–H groups in total. The van der Waals surface area contributed by atoms with Crippen molar-refractivity contribution < 1.29 is 14.6 Å². The molecule has 2 heterocycles. The quantitative estimate of drug-likeness (QED) is 0.579. The zero-order chi connectivity index (χ0) is 14.8. The molecule has 2 aromatic heterocycles. The van der Waals surface area contributed by atoms with Gasteiger partial charge in [0.05, 0.1) is 16.7 Å². The van der Waals surface area contributed by atoms with Crippen LogP contribution < -0.4 is 0 Å². The van der Waals surface area contributed by atoms with Crippen LogP contribution in [0.25, 0.3) is 22.8 Å². The number of rotatable bonds is 3. The van der Waals surface area contributed by atoms with Crippen LogP contribution in [-0.4, -0.2) is 25.2 Å². The molecular weight excluding hydrogens is 276 g/mol. The minimum absolute atomic E-state index is 0.0254. The zero-order valence-corrected chi connectivity index (χ0v) is 10.5. The van der Waals surface area contributed by atoms with Gasteiger partial charge >= 0.3 is 0 Å².